The average molecular weight is 264 g/mol. The summed E-state index contributed by atoms with van der Waals surface area (Å²) < 4.78 is 12.9. The van der Waals surface area contributed by atoms with Crippen LogP contribution >= 0.6 is 0 Å². The molecule has 1 aliphatic heterocycles. The van der Waals surface area contributed by atoms with Gasteiger partial charge < -0.3 is 10.0 Å². The fourth-order valence-electron chi connectivity index (χ4n) is 2.07. The Hall–Kier alpha value is -2.24. The van der Waals surface area contributed by atoms with E-state index in [1.54, 1.807) is 0 Å². The molecule has 100 valence electrons. The Morgan fingerprint density at radius 3 is 2.95 bits per heavy atom. The standard InChI is InChI=1S/C13H13FN2O3/c14-10-6-9(7-15-8-10)3-4-12(17)16-5-1-2-11(16)13(18)19/h3-4,6-8,11H,1-2,5H2,(H,18,19). The molecule has 1 unspecified atom stereocenters. The van der Waals surface area contributed by atoms with Crippen LogP contribution in [0, 0.1) is 5.82 Å². The van der Waals surface area contributed by atoms with Gasteiger partial charge in [0, 0.05) is 18.8 Å². The van der Waals surface area contributed by atoms with Crippen molar-refractivity contribution in [1.82, 2.24) is 9.88 Å². The van der Waals surface area contributed by atoms with E-state index in [0.29, 0.717) is 24.9 Å². The second-order valence-electron chi connectivity index (χ2n) is 4.30. The van der Waals surface area contributed by atoms with E-state index in [2.05, 4.69) is 4.98 Å². The van der Waals surface area contributed by atoms with E-state index < -0.39 is 17.8 Å². The third-order valence-corrected chi connectivity index (χ3v) is 2.97. The van der Waals surface area contributed by atoms with Crippen LogP contribution in [0.15, 0.2) is 24.5 Å². The monoisotopic (exact) mass is 264 g/mol. The molecule has 1 amide bonds. The molecule has 2 rings (SSSR count). The van der Waals surface area contributed by atoms with E-state index >= 15 is 0 Å². The number of carboxylic acids is 1. The lowest BCUT2D eigenvalue weighted by Gasteiger charge is -2.19. The Morgan fingerprint density at radius 2 is 2.26 bits per heavy atom. The first-order chi connectivity index (χ1) is 9.08. The highest BCUT2D eigenvalue weighted by molar-refractivity contribution is 5.94. The SMILES string of the molecule is O=C(O)C1CCCN1C(=O)C=Cc1cncc(F)c1. The molecule has 1 aromatic heterocycles. The van der Waals surface area contributed by atoms with Crippen molar-refractivity contribution in [2.24, 2.45) is 0 Å². The summed E-state index contributed by atoms with van der Waals surface area (Å²) >= 11 is 0. The Labute approximate surface area is 109 Å². The maximum atomic E-state index is 12.9. The Kier molecular flexibility index (Phi) is 3.89. The molecule has 1 atom stereocenters. The molecule has 0 radical (unpaired) electrons. The molecule has 2 heterocycles. The summed E-state index contributed by atoms with van der Waals surface area (Å²) in [6.07, 6.45) is 6.31. The van der Waals surface area contributed by atoms with Crippen LogP contribution in [0.1, 0.15) is 18.4 Å². The summed E-state index contributed by atoms with van der Waals surface area (Å²) in [5.74, 6) is -1.86. The molecule has 0 aromatic carbocycles. The zero-order valence-electron chi connectivity index (χ0n) is 10.1. The largest absolute Gasteiger partial charge is 0.480 e. The van der Waals surface area contributed by atoms with E-state index in [1.807, 2.05) is 0 Å². The van der Waals surface area contributed by atoms with Crippen LogP contribution in [0.2, 0.25) is 0 Å². The number of hydrogen-bond donors (Lipinski definition) is 1. The van der Waals surface area contributed by atoms with Crippen molar-refractivity contribution >= 4 is 18.0 Å². The van der Waals surface area contributed by atoms with Crippen molar-refractivity contribution in [1.29, 1.82) is 0 Å². The lowest BCUT2D eigenvalue weighted by Crippen LogP contribution is -2.39. The average Bonchev–Trinajstić information content (AvgIpc) is 2.85. The quantitative estimate of drug-likeness (QED) is 0.836. The molecule has 0 saturated carbocycles. The van der Waals surface area contributed by atoms with Gasteiger partial charge in [0.05, 0.1) is 6.20 Å². The van der Waals surface area contributed by atoms with Gasteiger partial charge in [-0.25, -0.2) is 9.18 Å². The Morgan fingerprint density at radius 1 is 1.47 bits per heavy atom. The number of aromatic nitrogens is 1. The fraction of sp³-hybridized carbons (Fsp3) is 0.308. The van der Waals surface area contributed by atoms with Gasteiger partial charge in [-0.2, -0.15) is 0 Å². The van der Waals surface area contributed by atoms with Crippen molar-refractivity contribution in [3.8, 4) is 0 Å². The topological polar surface area (TPSA) is 70.5 Å². The van der Waals surface area contributed by atoms with Gasteiger partial charge in [-0.3, -0.25) is 9.78 Å². The lowest BCUT2D eigenvalue weighted by molar-refractivity contribution is -0.146. The maximum absolute atomic E-state index is 12.9. The molecule has 1 saturated heterocycles. The summed E-state index contributed by atoms with van der Waals surface area (Å²) in [4.78, 5) is 27.8. The number of rotatable bonds is 3. The highest BCUT2D eigenvalue weighted by Crippen LogP contribution is 2.18. The Balaban J connectivity index is 2.06. The number of carbonyl (C=O) groups excluding carboxylic acids is 1. The smallest absolute Gasteiger partial charge is 0.326 e. The lowest BCUT2D eigenvalue weighted by atomic mass is 10.2. The van der Waals surface area contributed by atoms with Gasteiger partial charge in [-0.1, -0.05) is 0 Å². The van der Waals surface area contributed by atoms with E-state index in [-0.39, 0.29) is 5.91 Å². The summed E-state index contributed by atoms with van der Waals surface area (Å²) in [5, 5.41) is 8.98. The van der Waals surface area contributed by atoms with Crippen LogP contribution < -0.4 is 0 Å². The van der Waals surface area contributed by atoms with Gasteiger partial charge in [0.2, 0.25) is 5.91 Å². The van der Waals surface area contributed by atoms with Crippen LogP contribution in [0.3, 0.4) is 0 Å². The Bertz CT molecular complexity index is 530. The first-order valence-corrected chi connectivity index (χ1v) is 5.90. The molecular formula is C13H13FN2O3. The van der Waals surface area contributed by atoms with E-state index in [9.17, 15) is 14.0 Å². The first kappa shape index (κ1) is 13.2. The highest BCUT2D eigenvalue weighted by atomic mass is 19.1. The minimum absolute atomic E-state index is 0.380. The summed E-state index contributed by atoms with van der Waals surface area (Å²) in [6.45, 7) is 0.432. The van der Waals surface area contributed by atoms with E-state index in [4.69, 9.17) is 5.11 Å². The molecule has 1 fully saturated rings. The molecule has 6 heteroatoms. The van der Waals surface area contributed by atoms with Gasteiger partial charge in [0.15, 0.2) is 0 Å². The zero-order chi connectivity index (χ0) is 13.8. The third kappa shape index (κ3) is 3.15. The minimum Gasteiger partial charge on any atom is -0.480 e. The zero-order valence-corrected chi connectivity index (χ0v) is 10.1. The van der Waals surface area contributed by atoms with E-state index in [0.717, 1.165) is 6.20 Å². The van der Waals surface area contributed by atoms with Crippen molar-refractivity contribution in [2.75, 3.05) is 6.54 Å². The number of carbonyl (C=O) groups is 2. The number of hydrogen-bond acceptors (Lipinski definition) is 3. The van der Waals surface area contributed by atoms with Gasteiger partial charge in [0.25, 0.3) is 0 Å². The van der Waals surface area contributed by atoms with Crippen LogP contribution in [0.25, 0.3) is 6.08 Å². The minimum atomic E-state index is -0.994. The molecule has 1 aromatic rings. The second-order valence-corrected chi connectivity index (χ2v) is 4.30. The molecule has 1 aliphatic rings. The van der Waals surface area contributed by atoms with Crippen LogP contribution in [-0.2, 0) is 9.59 Å². The van der Waals surface area contributed by atoms with Crippen LogP contribution in [0.5, 0.6) is 0 Å². The second kappa shape index (κ2) is 5.60. The predicted octanol–water partition coefficient (Wildman–Crippen LogP) is 1.31. The summed E-state index contributed by atoms with van der Waals surface area (Å²) in [5.41, 5.74) is 0.458. The predicted molar refractivity (Wildman–Crippen MR) is 65.6 cm³/mol. The number of amides is 1. The summed E-state index contributed by atoms with van der Waals surface area (Å²) in [6, 6.07) is 0.484. The normalized spacial score (nSPS) is 19.0. The summed E-state index contributed by atoms with van der Waals surface area (Å²) in [7, 11) is 0. The van der Waals surface area contributed by atoms with Gasteiger partial charge >= 0.3 is 5.97 Å². The number of likely N-dealkylation sites (tertiary alicyclic amines) is 1. The fourth-order valence-corrected chi connectivity index (χ4v) is 2.07. The van der Waals surface area contributed by atoms with Gasteiger partial charge in [0.1, 0.15) is 11.9 Å². The number of halogens is 1. The molecule has 19 heavy (non-hydrogen) atoms. The highest BCUT2D eigenvalue weighted by Gasteiger charge is 2.32. The molecular weight excluding hydrogens is 251 g/mol. The molecule has 0 aliphatic carbocycles. The van der Waals surface area contributed by atoms with E-state index in [1.165, 1.54) is 29.3 Å². The number of pyridine rings is 1. The molecule has 5 nitrogen and oxygen atoms in total. The van der Waals surface area contributed by atoms with Gasteiger partial charge in [-0.05, 0) is 30.5 Å². The first-order valence-electron chi connectivity index (χ1n) is 5.90. The third-order valence-electron chi connectivity index (χ3n) is 2.97. The number of carboxylic acid groups (broad SMARTS) is 1. The number of aliphatic carboxylic acids is 1. The molecule has 1 N–H and O–H groups in total. The van der Waals surface area contributed by atoms with Crippen molar-refractivity contribution in [3.63, 3.8) is 0 Å². The van der Waals surface area contributed by atoms with Gasteiger partial charge in [-0.15, -0.1) is 0 Å². The van der Waals surface area contributed by atoms with Crippen LogP contribution in [-0.4, -0.2) is 39.5 Å². The van der Waals surface area contributed by atoms with Crippen molar-refractivity contribution in [3.05, 3.63) is 35.9 Å². The van der Waals surface area contributed by atoms with Crippen molar-refractivity contribution in [2.45, 2.75) is 18.9 Å². The molecule has 0 bridgehead atoms. The van der Waals surface area contributed by atoms with Crippen molar-refractivity contribution < 1.29 is 19.1 Å². The maximum Gasteiger partial charge on any atom is 0.326 e. The number of nitrogens with zero attached hydrogens (tertiary/aromatic N) is 2. The van der Waals surface area contributed by atoms with Crippen LogP contribution in [0.4, 0.5) is 4.39 Å². The molecule has 0 spiro atoms.